The number of hydrogen-bond acceptors (Lipinski definition) is 3. The third-order valence-electron chi connectivity index (χ3n) is 2.15. The molecule has 3 heteroatoms. The molecule has 17 heavy (non-hydrogen) atoms. The normalized spacial score (nSPS) is 10.6. The molecule has 0 aliphatic carbocycles. The Morgan fingerprint density at radius 1 is 1.18 bits per heavy atom. The van der Waals surface area contributed by atoms with Gasteiger partial charge in [0.25, 0.3) is 0 Å². The highest BCUT2D eigenvalue weighted by atomic mass is 16.5. The Balaban J connectivity index is 1.82. The van der Waals surface area contributed by atoms with Gasteiger partial charge in [0.05, 0.1) is 6.26 Å². The fourth-order valence-electron chi connectivity index (χ4n) is 1.31. The second kappa shape index (κ2) is 5.70. The van der Waals surface area contributed by atoms with Crippen LogP contribution in [0.1, 0.15) is 11.3 Å². The lowest BCUT2D eigenvalue weighted by Crippen LogP contribution is -2.00. The zero-order valence-corrected chi connectivity index (χ0v) is 9.21. The second-order valence-corrected chi connectivity index (χ2v) is 3.44. The number of carbonyl (C=O) groups is 1. The number of carbonyl (C=O) groups excluding carboxylic acids is 1. The van der Waals surface area contributed by atoms with Crippen molar-refractivity contribution in [3.8, 4) is 0 Å². The van der Waals surface area contributed by atoms with Gasteiger partial charge in [-0.2, -0.15) is 0 Å². The zero-order valence-electron chi connectivity index (χ0n) is 9.21. The third kappa shape index (κ3) is 3.65. The molecular formula is C14H12O3. The van der Waals surface area contributed by atoms with Crippen LogP contribution in [0.5, 0.6) is 0 Å². The molecule has 0 saturated carbocycles. The Bertz CT molecular complexity index is 483. The minimum absolute atomic E-state index is 0.280. The first-order chi connectivity index (χ1) is 8.34. The average Bonchev–Trinajstić information content (AvgIpc) is 2.88. The molecule has 0 atom stereocenters. The lowest BCUT2D eigenvalue weighted by atomic mass is 10.2. The number of benzene rings is 1. The highest BCUT2D eigenvalue weighted by molar-refractivity contribution is 5.86. The van der Waals surface area contributed by atoms with Gasteiger partial charge in [-0.25, -0.2) is 4.79 Å². The fraction of sp³-hybridized carbons (Fsp3) is 0.0714. The van der Waals surface area contributed by atoms with Gasteiger partial charge in [0.15, 0.2) is 0 Å². The van der Waals surface area contributed by atoms with Crippen molar-refractivity contribution in [2.24, 2.45) is 0 Å². The monoisotopic (exact) mass is 228 g/mol. The number of rotatable bonds is 4. The number of hydrogen-bond donors (Lipinski definition) is 0. The van der Waals surface area contributed by atoms with Crippen molar-refractivity contribution in [2.75, 3.05) is 0 Å². The summed E-state index contributed by atoms with van der Waals surface area (Å²) in [5, 5.41) is 0. The standard InChI is InChI=1S/C14H12O3/c15-14(9-8-13-7-4-10-16-13)17-11-12-5-2-1-3-6-12/h1-10H,11H2/b9-8+. The van der Waals surface area contributed by atoms with E-state index in [1.807, 2.05) is 30.3 Å². The topological polar surface area (TPSA) is 39.4 Å². The minimum Gasteiger partial charge on any atom is -0.465 e. The number of ether oxygens (including phenoxy) is 1. The van der Waals surface area contributed by atoms with Crippen LogP contribution < -0.4 is 0 Å². The Morgan fingerprint density at radius 2 is 2.00 bits per heavy atom. The molecule has 1 heterocycles. The fourth-order valence-corrected chi connectivity index (χ4v) is 1.31. The molecule has 86 valence electrons. The van der Waals surface area contributed by atoms with Crippen molar-refractivity contribution in [3.05, 3.63) is 66.1 Å². The highest BCUT2D eigenvalue weighted by Crippen LogP contribution is 2.04. The first kappa shape index (κ1) is 11.2. The zero-order chi connectivity index (χ0) is 11.9. The van der Waals surface area contributed by atoms with Crippen molar-refractivity contribution >= 4 is 12.0 Å². The molecule has 0 fully saturated rings. The van der Waals surface area contributed by atoms with Crippen LogP contribution in [0.4, 0.5) is 0 Å². The molecule has 0 N–H and O–H groups in total. The molecule has 0 saturated heterocycles. The van der Waals surface area contributed by atoms with E-state index in [4.69, 9.17) is 9.15 Å². The molecule has 2 rings (SSSR count). The SMILES string of the molecule is O=C(/C=C/c1ccco1)OCc1ccccc1. The van der Waals surface area contributed by atoms with Crippen LogP contribution in [0, 0.1) is 0 Å². The summed E-state index contributed by atoms with van der Waals surface area (Å²) >= 11 is 0. The van der Waals surface area contributed by atoms with E-state index in [-0.39, 0.29) is 12.6 Å². The molecule has 0 unspecified atom stereocenters. The van der Waals surface area contributed by atoms with Gasteiger partial charge in [0.2, 0.25) is 0 Å². The van der Waals surface area contributed by atoms with Crippen molar-refractivity contribution in [3.63, 3.8) is 0 Å². The molecule has 0 radical (unpaired) electrons. The van der Waals surface area contributed by atoms with E-state index in [0.29, 0.717) is 5.76 Å². The molecule has 1 aromatic heterocycles. The molecule has 0 aliphatic rings. The molecular weight excluding hydrogens is 216 g/mol. The molecule has 1 aromatic carbocycles. The van der Waals surface area contributed by atoms with Gasteiger partial charge in [-0.3, -0.25) is 0 Å². The van der Waals surface area contributed by atoms with Gasteiger partial charge in [-0.15, -0.1) is 0 Å². The van der Waals surface area contributed by atoms with Crippen LogP contribution in [-0.4, -0.2) is 5.97 Å². The predicted molar refractivity (Wildman–Crippen MR) is 64.0 cm³/mol. The molecule has 3 nitrogen and oxygen atoms in total. The maximum atomic E-state index is 11.4. The van der Waals surface area contributed by atoms with Gasteiger partial charge in [0.1, 0.15) is 12.4 Å². The summed E-state index contributed by atoms with van der Waals surface area (Å²) in [6.45, 7) is 0.280. The van der Waals surface area contributed by atoms with E-state index in [1.54, 1.807) is 24.5 Å². The molecule has 2 aromatic rings. The maximum Gasteiger partial charge on any atom is 0.331 e. The highest BCUT2D eigenvalue weighted by Gasteiger charge is 1.98. The second-order valence-electron chi connectivity index (χ2n) is 3.44. The smallest absolute Gasteiger partial charge is 0.331 e. The molecule has 0 amide bonds. The van der Waals surface area contributed by atoms with E-state index in [1.165, 1.54) is 6.08 Å². The summed E-state index contributed by atoms with van der Waals surface area (Å²) in [5.41, 5.74) is 0.965. The van der Waals surface area contributed by atoms with Crippen LogP contribution in [0.15, 0.2) is 59.2 Å². The third-order valence-corrected chi connectivity index (χ3v) is 2.15. The first-order valence-corrected chi connectivity index (χ1v) is 5.27. The van der Waals surface area contributed by atoms with Crippen LogP contribution in [-0.2, 0) is 16.1 Å². The van der Waals surface area contributed by atoms with Crippen LogP contribution in [0.3, 0.4) is 0 Å². The Kier molecular flexibility index (Phi) is 3.76. The summed E-state index contributed by atoms with van der Waals surface area (Å²) in [6, 6.07) is 13.1. The van der Waals surface area contributed by atoms with Crippen LogP contribution in [0.25, 0.3) is 6.08 Å². The van der Waals surface area contributed by atoms with E-state index >= 15 is 0 Å². The van der Waals surface area contributed by atoms with Gasteiger partial charge >= 0.3 is 5.97 Å². The van der Waals surface area contributed by atoms with Crippen LogP contribution in [0.2, 0.25) is 0 Å². The Hall–Kier alpha value is -2.29. The van der Waals surface area contributed by atoms with Crippen molar-refractivity contribution in [1.29, 1.82) is 0 Å². The van der Waals surface area contributed by atoms with Crippen LogP contribution >= 0.6 is 0 Å². The minimum atomic E-state index is -0.384. The largest absolute Gasteiger partial charge is 0.465 e. The van der Waals surface area contributed by atoms with E-state index < -0.39 is 0 Å². The summed E-state index contributed by atoms with van der Waals surface area (Å²) < 4.78 is 10.1. The number of esters is 1. The summed E-state index contributed by atoms with van der Waals surface area (Å²) in [4.78, 5) is 11.4. The lowest BCUT2D eigenvalue weighted by Gasteiger charge is -2.00. The van der Waals surface area contributed by atoms with Gasteiger partial charge in [-0.1, -0.05) is 30.3 Å². The van der Waals surface area contributed by atoms with Gasteiger partial charge in [0, 0.05) is 6.08 Å². The van der Waals surface area contributed by atoms with E-state index in [2.05, 4.69) is 0 Å². The molecule has 0 spiro atoms. The lowest BCUT2D eigenvalue weighted by molar-refractivity contribution is -0.138. The van der Waals surface area contributed by atoms with Crippen molar-refractivity contribution in [2.45, 2.75) is 6.61 Å². The average molecular weight is 228 g/mol. The summed E-state index contributed by atoms with van der Waals surface area (Å²) in [5.74, 6) is 0.243. The Labute approximate surface area is 99.3 Å². The summed E-state index contributed by atoms with van der Waals surface area (Å²) in [6.07, 6.45) is 4.48. The van der Waals surface area contributed by atoms with Gasteiger partial charge in [-0.05, 0) is 23.8 Å². The first-order valence-electron chi connectivity index (χ1n) is 5.27. The Morgan fingerprint density at radius 3 is 2.71 bits per heavy atom. The molecule has 0 bridgehead atoms. The van der Waals surface area contributed by atoms with Crippen molar-refractivity contribution < 1.29 is 13.9 Å². The number of furan rings is 1. The maximum absolute atomic E-state index is 11.4. The van der Waals surface area contributed by atoms with Crippen molar-refractivity contribution in [1.82, 2.24) is 0 Å². The molecule has 0 aliphatic heterocycles. The van der Waals surface area contributed by atoms with E-state index in [0.717, 1.165) is 5.56 Å². The van der Waals surface area contributed by atoms with E-state index in [9.17, 15) is 4.79 Å². The predicted octanol–water partition coefficient (Wildman–Crippen LogP) is 3.04. The van der Waals surface area contributed by atoms with Gasteiger partial charge < -0.3 is 9.15 Å². The summed E-state index contributed by atoms with van der Waals surface area (Å²) in [7, 11) is 0. The quantitative estimate of drug-likeness (QED) is 0.596.